The summed E-state index contributed by atoms with van der Waals surface area (Å²) in [5.74, 6) is -10.7. The molecule has 0 radical (unpaired) electrons. The van der Waals surface area contributed by atoms with E-state index in [2.05, 4.69) is 0 Å². The van der Waals surface area contributed by atoms with Crippen molar-refractivity contribution < 1.29 is 72.1 Å². The summed E-state index contributed by atoms with van der Waals surface area (Å²) in [5, 5.41) is 24.7. The number of hydrogen-bond acceptors (Lipinski definition) is 15. The van der Waals surface area contributed by atoms with Crippen LogP contribution in [0.25, 0.3) is 0 Å². The largest absolute Gasteiger partial charge is 0.462 e. The van der Waals surface area contributed by atoms with E-state index in [0.717, 1.165) is 6.92 Å². The molecular formula is C36H46O15. The van der Waals surface area contributed by atoms with E-state index in [9.17, 15) is 39.0 Å². The third-order valence-electron chi connectivity index (χ3n) is 15.2. The Balaban J connectivity index is 1.40. The van der Waals surface area contributed by atoms with Gasteiger partial charge in [-0.25, -0.2) is 4.79 Å². The van der Waals surface area contributed by atoms with E-state index < -0.39 is 147 Å². The van der Waals surface area contributed by atoms with E-state index >= 15 is 0 Å². The maximum absolute atomic E-state index is 14.9. The van der Waals surface area contributed by atoms with Gasteiger partial charge in [0.1, 0.15) is 36.1 Å². The summed E-state index contributed by atoms with van der Waals surface area (Å²) in [4.78, 5) is 80.1. The SMILES string of the molecule is CC(=O)O[C@H]1[C@@H]2[C@H]([C@H](C)[C@H]3O[C@]34OC(=O)[C@@](C)(O)[C@]24C)[C@@]2(C)[C@@H](OC(C)=O)CC3C([C@H]12)[C@@H](OC(C)=O)C(=O)[C@@]1(O)C[C@@H]2O[C@@H]2[C@H](OC(C)=O)[C@]31C. The van der Waals surface area contributed by atoms with Crippen molar-refractivity contribution in [1.29, 1.82) is 0 Å². The van der Waals surface area contributed by atoms with E-state index in [4.69, 9.17) is 33.2 Å². The summed E-state index contributed by atoms with van der Waals surface area (Å²) in [5.41, 5.74) is -8.60. The highest BCUT2D eigenvalue weighted by Crippen LogP contribution is 2.81. The number of epoxide rings is 2. The molecule has 3 heterocycles. The second-order valence-electron chi connectivity index (χ2n) is 17.2. The first-order chi connectivity index (χ1) is 23.5. The molecule has 2 unspecified atom stereocenters. The van der Waals surface area contributed by atoms with E-state index in [1.54, 1.807) is 13.8 Å². The molecule has 51 heavy (non-hydrogen) atoms. The minimum atomic E-state index is -2.21. The number of fused-ring (bicyclic) bond motifs is 9. The lowest BCUT2D eigenvalue weighted by Gasteiger charge is -2.65. The van der Waals surface area contributed by atoms with Crippen LogP contribution in [0.2, 0.25) is 0 Å². The van der Waals surface area contributed by atoms with Gasteiger partial charge in [-0.05, 0) is 38.0 Å². The fourth-order valence-electron chi connectivity index (χ4n) is 13.1. The van der Waals surface area contributed by atoms with Crippen LogP contribution in [0.3, 0.4) is 0 Å². The number of hydrogen-bond donors (Lipinski definition) is 2. The smallest absolute Gasteiger partial charge is 0.341 e. The Bertz CT molecular complexity index is 1670. The van der Waals surface area contributed by atoms with Crippen molar-refractivity contribution in [2.75, 3.05) is 0 Å². The van der Waals surface area contributed by atoms with E-state index in [1.165, 1.54) is 27.7 Å². The Morgan fingerprint density at radius 1 is 0.824 bits per heavy atom. The maximum atomic E-state index is 14.9. The number of Topliss-reactive ketones (excluding diaryl/α,β-unsaturated/α-hetero) is 1. The van der Waals surface area contributed by atoms with Gasteiger partial charge >= 0.3 is 29.8 Å². The van der Waals surface area contributed by atoms with Crippen LogP contribution in [-0.2, 0) is 61.9 Å². The molecule has 5 saturated carbocycles. The van der Waals surface area contributed by atoms with Crippen molar-refractivity contribution >= 4 is 35.6 Å². The zero-order chi connectivity index (χ0) is 37.3. The number of ether oxygens (including phenoxy) is 7. The first kappa shape index (κ1) is 34.9. The Labute approximate surface area is 294 Å². The second-order valence-corrected chi connectivity index (χ2v) is 17.2. The first-order valence-corrected chi connectivity index (χ1v) is 17.8. The van der Waals surface area contributed by atoms with Crippen LogP contribution < -0.4 is 0 Å². The molecule has 0 bridgehead atoms. The lowest BCUT2D eigenvalue weighted by molar-refractivity contribution is -0.269. The third-order valence-corrected chi connectivity index (χ3v) is 15.2. The average molecular weight is 719 g/mol. The molecule has 0 aromatic carbocycles. The van der Waals surface area contributed by atoms with Gasteiger partial charge in [0.2, 0.25) is 11.6 Å². The van der Waals surface area contributed by atoms with Crippen molar-refractivity contribution in [1.82, 2.24) is 0 Å². The van der Waals surface area contributed by atoms with E-state index in [0.29, 0.717) is 0 Å². The Hall–Kier alpha value is -3.14. The van der Waals surface area contributed by atoms with Gasteiger partial charge in [0, 0.05) is 62.7 Å². The van der Waals surface area contributed by atoms with Gasteiger partial charge in [0.25, 0.3) is 0 Å². The molecule has 2 N–H and O–H groups in total. The molecular weight excluding hydrogens is 672 g/mol. The van der Waals surface area contributed by atoms with Crippen LogP contribution in [0.5, 0.6) is 0 Å². The molecule has 0 aromatic heterocycles. The topological polar surface area (TPSA) is 214 Å². The summed E-state index contributed by atoms with van der Waals surface area (Å²) in [6, 6.07) is 0. The molecule has 0 amide bonds. The Morgan fingerprint density at radius 3 is 2.02 bits per heavy atom. The van der Waals surface area contributed by atoms with Gasteiger partial charge < -0.3 is 43.4 Å². The monoisotopic (exact) mass is 718 g/mol. The summed E-state index contributed by atoms with van der Waals surface area (Å²) in [6.07, 6.45) is -6.84. The van der Waals surface area contributed by atoms with Crippen LogP contribution in [-0.4, -0.2) is 106 Å². The van der Waals surface area contributed by atoms with Gasteiger partial charge in [-0.2, -0.15) is 0 Å². The van der Waals surface area contributed by atoms with Gasteiger partial charge in [0.05, 0.1) is 11.5 Å². The zero-order valence-electron chi connectivity index (χ0n) is 30.1. The summed E-state index contributed by atoms with van der Waals surface area (Å²) in [6.45, 7) is 13.3. The summed E-state index contributed by atoms with van der Waals surface area (Å²) >= 11 is 0. The van der Waals surface area contributed by atoms with Crippen molar-refractivity contribution in [2.45, 2.75) is 135 Å². The minimum Gasteiger partial charge on any atom is -0.462 e. The van der Waals surface area contributed by atoms with Crippen LogP contribution in [0.1, 0.15) is 75.2 Å². The number of aliphatic hydroxyl groups is 2. The molecule has 280 valence electrons. The summed E-state index contributed by atoms with van der Waals surface area (Å²) < 4.78 is 42.3. The molecule has 15 nitrogen and oxygen atoms in total. The highest BCUT2D eigenvalue weighted by Gasteiger charge is 2.93. The fraction of sp³-hybridized carbons (Fsp3) is 0.833. The standard InChI is InChI=1S/C36H46O15/c1-12-21-23(33(8)34(9,43)30(42)51-36(33)28(12)50-36)26(47-15(4)39)22-20-17(10-19(31(21,22)6)45-13(2)37)32(7)29(48-16(5)40)24-18(49-24)11-35(32,44)27(41)25(20)46-14(3)38/h12,17-26,28-29,43-44H,10-11H2,1-9H3/t12-,17?,18-,19-,20?,21-,22+,23-,24-,25+,26+,28+,29-,31+,32-,33-,34+,35-,36-/m0/s1. The Kier molecular flexibility index (Phi) is 6.90. The Morgan fingerprint density at radius 2 is 1.43 bits per heavy atom. The van der Waals surface area contributed by atoms with Crippen LogP contribution in [0.4, 0.5) is 0 Å². The van der Waals surface area contributed by atoms with Crippen LogP contribution in [0.15, 0.2) is 0 Å². The molecule has 1 spiro atoms. The lowest BCUT2D eigenvalue weighted by Crippen LogP contribution is -2.77. The molecule has 8 aliphatic rings. The third kappa shape index (κ3) is 3.83. The predicted molar refractivity (Wildman–Crippen MR) is 165 cm³/mol. The van der Waals surface area contributed by atoms with Crippen LogP contribution in [0, 0.1) is 51.8 Å². The maximum Gasteiger partial charge on any atom is 0.341 e. The first-order valence-electron chi connectivity index (χ1n) is 17.8. The highest BCUT2D eigenvalue weighted by atomic mass is 16.8. The quantitative estimate of drug-likeness (QED) is 0.233. The zero-order valence-corrected chi connectivity index (χ0v) is 30.1. The van der Waals surface area contributed by atoms with Crippen molar-refractivity contribution in [3.8, 4) is 0 Å². The van der Waals surface area contributed by atoms with Gasteiger partial charge in [0.15, 0.2) is 11.7 Å². The van der Waals surface area contributed by atoms with Crippen molar-refractivity contribution in [3.63, 3.8) is 0 Å². The van der Waals surface area contributed by atoms with Gasteiger partial charge in [-0.15, -0.1) is 0 Å². The van der Waals surface area contributed by atoms with E-state index in [-0.39, 0.29) is 12.8 Å². The van der Waals surface area contributed by atoms with Crippen molar-refractivity contribution in [2.24, 2.45) is 51.8 Å². The fourth-order valence-corrected chi connectivity index (χ4v) is 13.1. The second kappa shape index (κ2) is 10.1. The average Bonchev–Trinajstić information content (AvgIpc) is 3.91. The van der Waals surface area contributed by atoms with Gasteiger partial charge in [-0.1, -0.05) is 20.8 Å². The molecule has 8 rings (SSSR count). The summed E-state index contributed by atoms with van der Waals surface area (Å²) in [7, 11) is 0. The van der Waals surface area contributed by atoms with Crippen LogP contribution >= 0.6 is 0 Å². The predicted octanol–water partition coefficient (Wildman–Crippen LogP) is 0.768. The molecule has 8 fully saturated rings. The lowest BCUT2D eigenvalue weighted by atomic mass is 9.40. The normalized spacial score (nSPS) is 56.6. The molecule has 5 aliphatic carbocycles. The minimum absolute atomic E-state index is 0.0260. The van der Waals surface area contributed by atoms with Crippen molar-refractivity contribution in [3.05, 3.63) is 0 Å². The van der Waals surface area contributed by atoms with Gasteiger partial charge in [-0.3, -0.25) is 24.0 Å². The molecule has 3 aliphatic heterocycles. The molecule has 15 heteroatoms. The molecule has 19 atom stereocenters. The molecule has 0 aromatic rings. The number of esters is 5. The number of carbonyl (C=O) groups excluding carboxylic acids is 6. The highest BCUT2D eigenvalue weighted by molar-refractivity contribution is 5.95. The van der Waals surface area contributed by atoms with E-state index in [1.807, 2.05) is 13.8 Å². The number of ketones is 1. The number of rotatable bonds is 4. The molecule has 3 saturated heterocycles. The number of carbonyl (C=O) groups is 6.